The van der Waals surface area contributed by atoms with Gasteiger partial charge in [-0.3, -0.25) is 4.79 Å². The molecule has 0 bridgehead atoms. The molecule has 0 aliphatic heterocycles. The average Bonchev–Trinajstić information content (AvgIpc) is 3.18. The second-order valence-corrected chi connectivity index (χ2v) is 8.75. The minimum absolute atomic E-state index is 0.0870. The first kappa shape index (κ1) is 19.9. The van der Waals surface area contributed by atoms with E-state index < -0.39 is 0 Å². The van der Waals surface area contributed by atoms with Crippen molar-refractivity contribution >= 4 is 40.0 Å². The van der Waals surface area contributed by atoms with Gasteiger partial charge in [-0.15, -0.1) is 11.3 Å². The summed E-state index contributed by atoms with van der Waals surface area (Å²) >= 11 is 3.08. The molecule has 2 aromatic rings. The van der Waals surface area contributed by atoms with Gasteiger partial charge < -0.3 is 14.6 Å². The van der Waals surface area contributed by atoms with E-state index in [0.29, 0.717) is 22.7 Å². The van der Waals surface area contributed by atoms with Crippen LogP contribution in [-0.4, -0.2) is 34.3 Å². The Morgan fingerprint density at radius 3 is 2.78 bits per heavy atom. The number of nitrogens with zero attached hydrogens (tertiary/aromatic N) is 2. The van der Waals surface area contributed by atoms with Crippen LogP contribution >= 0.6 is 23.1 Å². The number of rotatable bonds is 6. The quantitative estimate of drug-likeness (QED) is 0.578. The second-order valence-electron chi connectivity index (χ2n) is 6.58. The molecule has 0 atom stereocenters. The number of carbonyl (C=O) groups is 2. The molecule has 2 heterocycles. The van der Waals surface area contributed by atoms with E-state index in [4.69, 9.17) is 4.74 Å². The lowest BCUT2D eigenvalue weighted by Gasteiger charge is -2.11. The molecule has 6 nitrogen and oxygen atoms in total. The Hall–Kier alpha value is -1.80. The van der Waals surface area contributed by atoms with Gasteiger partial charge in [0.15, 0.2) is 5.16 Å². The van der Waals surface area contributed by atoms with Crippen LogP contribution in [0, 0.1) is 0 Å². The molecule has 0 saturated carbocycles. The third-order valence-electron chi connectivity index (χ3n) is 4.65. The van der Waals surface area contributed by atoms with Gasteiger partial charge in [0, 0.05) is 36.5 Å². The molecule has 1 aliphatic rings. The number of esters is 1. The first-order valence-electron chi connectivity index (χ1n) is 9.23. The van der Waals surface area contributed by atoms with Crippen molar-refractivity contribution in [3.63, 3.8) is 0 Å². The fourth-order valence-electron chi connectivity index (χ4n) is 3.24. The van der Waals surface area contributed by atoms with Crippen molar-refractivity contribution in [2.24, 2.45) is 7.05 Å². The third-order valence-corrected chi connectivity index (χ3v) is 6.92. The zero-order valence-electron chi connectivity index (χ0n) is 15.7. The van der Waals surface area contributed by atoms with Crippen molar-refractivity contribution < 1.29 is 14.3 Å². The molecule has 1 aliphatic carbocycles. The Morgan fingerprint density at radius 2 is 2.07 bits per heavy atom. The number of fused-ring (bicyclic) bond motifs is 1. The maximum Gasteiger partial charge on any atom is 0.341 e. The summed E-state index contributed by atoms with van der Waals surface area (Å²) in [4.78, 5) is 30.3. The number of anilines is 1. The Morgan fingerprint density at radius 1 is 1.30 bits per heavy atom. The molecule has 0 aromatic carbocycles. The Balaban J connectivity index is 1.69. The lowest BCUT2D eigenvalue weighted by atomic mass is 9.96. The van der Waals surface area contributed by atoms with E-state index in [-0.39, 0.29) is 11.9 Å². The molecule has 0 fully saturated rings. The summed E-state index contributed by atoms with van der Waals surface area (Å²) in [5.74, 6) is 0.192. The topological polar surface area (TPSA) is 73.2 Å². The highest BCUT2D eigenvalue weighted by Gasteiger charge is 2.25. The summed E-state index contributed by atoms with van der Waals surface area (Å²) in [5.41, 5.74) is 1.63. The molecule has 2 aromatic heterocycles. The normalized spacial score (nSPS) is 14.1. The smallest absolute Gasteiger partial charge is 0.341 e. The van der Waals surface area contributed by atoms with Crippen LogP contribution in [0.15, 0.2) is 17.6 Å². The molecule has 1 N–H and O–H groups in total. The van der Waals surface area contributed by atoms with Crippen LogP contribution in [0.4, 0.5) is 5.00 Å². The van der Waals surface area contributed by atoms with E-state index in [9.17, 15) is 9.59 Å². The van der Waals surface area contributed by atoms with Crippen LogP contribution in [-0.2, 0) is 29.4 Å². The van der Waals surface area contributed by atoms with Gasteiger partial charge in [0.2, 0.25) is 5.91 Å². The van der Waals surface area contributed by atoms with Crippen molar-refractivity contribution in [1.29, 1.82) is 0 Å². The highest BCUT2D eigenvalue weighted by molar-refractivity contribution is 7.99. The molecular formula is C19H25N3O3S2. The maximum atomic E-state index is 12.4. The van der Waals surface area contributed by atoms with Gasteiger partial charge in [-0.2, -0.15) is 0 Å². The molecule has 146 valence electrons. The van der Waals surface area contributed by atoms with E-state index in [1.165, 1.54) is 36.2 Å². The number of aryl methyl sites for hydroxylation is 2. The lowest BCUT2D eigenvalue weighted by Crippen LogP contribution is -2.15. The number of ether oxygens (including phenoxy) is 1. The highest BCUT2D eigenvalue weighted by Crippen LogP contribution is 2.37. The van der Waals surface area contributed by atoms with Crippen LogP contribution in [0.25, 0.3) is 0 Å². The van der Waals surface area contributed by atoms with Crippen LogP contribution in [0.3, 0.4) is 0 Å². The number of methoxy groups -OCH3 is 1. The molecule has 0 spiro atoms. The van der Waals surface area contributed by atoms with Gasteiger partial charge in [0.1, 0.15) is 5.00 Å². The third kappa shape index (κ3) is 4.93. The number of carbonyl (C=O) groups excluding carboxylic acids is 2. The largest absolute Gasteiger partial charge is 0.465 e. The SMILES string of the molecule is COC(=O)c1c(NC(=O)CCSc2nccn2C)sc2c1CCCCCC2. The van der Waals surface area contributed by atoms with Crippen LogP contribution in [0.5, 0.6) is 0 Å². The van der Waals surface area contributed by atoms with Crippen LogP contribution in [0.2, 0.25) is 0 Å². The number of hydrogen-bond acceptors (Lipinski definition) is 6. The van der Waals surface area contributed by atoms with Crippen molar-refractivity contribution in [3.8, 4) is 0 Å². The lowest BCUT2D eigenvalue weighted by molar-refractivity contribution is -0.115. The average molecular weight is 408 g/mol. The molecule has 0 radical (unpaired) electrons. The van der Waals surface area contributed by atoms with Crippen molar-refractivity contribution in [1.82, 2.24) is 9.55 Å². The number of nitrogens with one attached hydrogen (secondary N) is 1. The summed E-state index contributed by atoms with van der Waals surface area (Å²) < 4.78 is 6.93. The van der Waals surface area contributed by atoms with E-state index in [2.05, 4.69) is 10.3 Å². The molecule has 0 unspecified atom stereocenters. The number of hydrogen-bond donors (Lipinski definition) is 1. The minimum atomic E-state index is -0.356. The Labute approximate surface area is 167 Å². The molecule has 27 heavy (non-hydrogen) atoms. The van der Waals surface area contributed by atoms with E-state index in [1.807, 2.05) is 17.8 Å². The van der Waals surface area contributed by atoms with Gasteiger partial charge >= 0.3 is 5.97 Å². The fourth-order valence-corrected chi connectivity index (χ4v) is 5.40. The van der Waals surface area contributed by atoms with Gasteiger partial charge in [-0.1, -0.05) is 24.6 Å². The zero-order chi connectivity index (χ0) is 19.2. The molecular weight excluding hydrogens is 382 g/mol. The molecule has 8 heteroatoms. The Bertz CT molecular complexity index is 813. The number of amides is 1. The highest BCUT2D eigenvalue weighted by atomic mass is 32.2. The van der Waals surface area contributed by atoms with Crippen molar-refractivity contribution in [3.05, 3.63) is 28.4 Å². The van der Waals surface area contributed by atoms with Crippen molar-refractivity contribution in [2.45, 2.75) is 50.1 Å². The minimum Gasteiger partial charge on any atom is -0.465 e. The number of thioether (sulfide) groups is 1. The van der Waals surface area contributed by atoms with Gasteiger partial charge in [0.05, 0.1) is 12.7 Å². The summed E-state index contributed by atoms with van der Waals surface area (Å²) in [6, 6.07) is 0. The number of thiophene rings is 1. The fraction of sp³-hybridized carbons (Fsp3) is 0.526. The Kier molecular flexibility index (Phi) is 6.95. The number of imidazole rings is 1. The predicted octanol–water partition coefficient (Wildman–Crippen LogP) is 4.05. The monoisotopic (exact) mass is 407 g/mol. The summed E-state index contributed by atoms with van der Waals surface area (Å²) in [7, 11) is 3.32. The van der Waals surface area contributed by atoms with Gasteiger partial charge in [0.25, 0.3) is 0 Å². The molecule has 1 amide bonds. The summed E-state index contributed by atoms with van der Waals surface area (Å²) in [6.07, 6.45) is 10.4. The molecule has 0 saturated heterocycles. The van der Waals surface area contributed by atoms with Gasteiger partial charge in [-0.25, -0.2) is 9.78 Å². The predicted molar refractivity (Wildman–Crippen MR) is 109 cm³/mol. The van der Waals surface area contributed by atoms with E-state index in [1.54, 1.807) is 18.0 Å². The zero-order valence-corrected chi connectivity index (χ0v) is 17.4. The van der Waals surface area contributed by atoms with Gasteiger partial charge in [-0.05, 0) is 31.2 Å². The second kappa shape index (κ2) is 9.41. The summed E-state index contributed by atoms with van der Waals surface area (Å²) in [6.45, 7) is 0. The first-order valence-corrected chi connectivity index (χ1v) is 11.0. The first-order chi connectivity index (χ1) is 13.1. The van der Waals surface area contributed by atoms with E-state index in [0.717, 1.165) is 36.4 Å². The summed E-state index contributed by atoms with van der Waals surface area (Å²) in [5, 5.41) is 4.48. The maximum absolute atomic E-state index is 12.4. The van der Waals surface area contributed by atoms with E-state index >= 15 is 0 Å². The van der Waals surface area contributed by atoms with Crippen molar-refractivity contribution in [2.75, 3.05) is 18.2 Å². The standard InChI is InChI=1S/C19H25N3O3S2/c1-22-11-10-20-19(22)26-12-9-15(23)21-17-16(18(24)25-2)13-7-5-3-4-6-8-14(13)27-17/h10-11H,3-9,12H2,1-2H3,(H,21,23). The van der Waals surface area contributed by atoms with Crippen LogP contribution in [0.1, 0.15) is 52.9 Å². The number of aromatic nitrogens is 2. The van der Waals surface area contributed by atoms with Crippen LogP contribution < -0.4 is 5.32 Å². The molecule has 3 rings (SSSR count).